The Morgan fingerprint density at radius 2 is 1.84 bits per heavy atom. The number of furan rings is 2. The predicted molar refractivity (Wildman–Crippen MR) is 93.8 cm³/mol. The quantitative estimate of drug-likeness (QED) is 0.691. The zero-order chi connectivity index (χ0) is 17.1. The third-order valence-electron chi connectivity index (χ3n) is 4.71. The van der Waals surface area contributed by atoms with E-state index in [0.29, 0.717) is 0 Å². The molecule has 4 rings (SSSR count). The summed E-state index contributed by atoms with van der Waals surface area (Å²) in [5.74, 6) is 3.20. The molecule has 1 aliphatic heterocycles. The average molecular weight is 340 g/mol. The van der Waals surface area contributed by atoms with Gasteiger partial charge in [0.25, 0.3) is 0 Å². The first-order valence-corrected chi connectivity index (χ1v) is 8.77. The van der Waals surface area contributed by atoms with Gasteiger partial charge in [0, 0.05) is 38.8 Å². The summed E-state index contributed by atoms with van der Waals surface area (Å²) in [6.45, 7) is 5.54. The molecule has 0 amide bonds. The average Bonchev–Trinajstić information content (AvgIpc) is 3.32. The molecule has 3 aromatic rings. The fraction of sp³-hybridized carbons (Fsp3) is 0.421. The number of rotatable bonds is 6. The molecular formula is C19H24N4O2. The highest BCUT2D eigenvalue weighted by molar-refractivity contribution is 5.08. The molecule has 1 aliphatic rings. The van der Waals surface area contributed by atoms with Crippen LogP contribution in [0.5, 0.6) is 0 Å². The second-order valence-corrected chi connectivity index (χ2v) is 6.67. The van der Waals surface area contributed by atoms with Crippen molar-refractivity contribution in [3.63, 3.8) is 0 Å². The summed E-state index contributed by atoms with van der Waals surface area (Å²) in [5.41, 5.74) is 1.27. The molecule has 0 aromatic carbocycles. The van der Waals surface area contributed by atoms with Crippen LogP contribution in [0.3, 0.4) is 0 Å². The van der Waals surface area contributed by atoms with E-state index in [1.54, 1.807) is 12.5 Å². The van der Waals surface area contributed by atoms with Crippen molar-refractivity contribution < 1.29 is 8.83 Å². The highest BCUT2D eigenvalue weighted by atomic mass is 16.3. The van der Waals surface area contributed by atoms with Gasteiger partial charge in [0.05, 0.1) is 31.3 Å². The summed E-state index contributed by atoms with van der Waals surface area (Å²) < 4.78 is 13.3. The van der Waals surface area contributed by atoms with Gasteiger partial charge < -0.3 is 13.4 Å². The summed E-state index contributed by atoms with van der Waals surface area (Å²) in [6, 6.07) is 7.94. The first kappa shape index (κ1) is 16.2. The highest BCUT2D eigenvalue weighted by Gasteiger charge is 2.19. The van der Waals surface area contributed by atoms with E-state index >= 15 is 0 Å². The lowest BCUT2D eigenvalue weighted by Gasteiger charge is -2.19. The summed E-state index contributed by atoms with van der Waals surface area (Å²) in [5, 5.41) is 0. The maximum atomic E-state index is 5.48. The minimum atomic E-state index is 0.804. The third kappa shape index (κ3) is 3.86. The van der Waals surface area contributed by atoms with Gasteiger partial charge in [0.2, 0.25) is 0 Å². The van der Waals surface area contributed by atoms with Crippen LogP contribution in [0.1, 0.15) is 23.0 Å². The van der Waals surface area contributed by atoms with E-state index in [-0.39, 0.29) is 0 Å². The van der Waals surface area contributed by atoms with Crippen molar-refractivity contribution >= 4 is 0 Å². The van der Waals surface area contributed by atoms with Crippen molar-refractivity contribution in [1.29, 1.82) is 0 Å². The zero-order valence-electron chi connectivity index (χ0n) is 14.6. The number of aromatic nitrogens is 2. The van der Waals surface area contributed by atoms with Gasteiger partial charge in [0.1, 0.15) is 17.3 Å². The second-order valence-electron chi connectivity index (χ2n) is 6.67. The van der Waals surface area contributed by atoms with Crippen LogP contribution < -0.4 is 0 Å². The molecule has 25 heavy (non-hydrogen) atoms. The smallest absolute Gasteiger partial charge is 0.117 e. The molecular weight excluding hydrogens is 316 g/mol. The lowest BCUT2D eigenvalue weighted by molar-refractivity contribution is 0.245. The molecule has 0 atom stereocenters. The van der Waals surface area contributed by atoms with Crippen molar-refractivity contribution in [3.8, 4) is 0 Å². The van der Waals surface area contributed by atoms with Crippen LogP contribution >= 0.6 is 0 Å². The highest BCUT2D eigenvalue weighted by Crippen LogP contribution is 2.16. The molecule has 0 aliphatic carbocycles. The Bertz CT molecular complexity index is 777. The van der Waals surface area contributed by atoms with Crippen LogP contribution in [0.2, 0.25) is 0 Å². The van der Waals surface area contributed by atoms with E-state index in [1.807, 2.05) is 30.5 Å². The topological polar surface area (TPSA) is 50.6 Å². The molecule has 4 heterocycles. The minimum absolute atomic E-state index is 0.804. The molecule has 6 heteroatoms. The van der Waals surface area contributed by atoms with Gasteiger partial charge in [-0.15, -0.1) is 0 Å². The normalized spacial score (nSPS) is 15.4. The van der Waals surface area contributed by atoms with E-state index in [4.69, 9.17) is 8.83 Å². The zero-order valence-corrected chi connectivity index (χ0v) is 14.6. The predicted octanol–water partition coefficient (Wildman–Crippen LogP) is 2.76. The van der Waals surface area contributed by atoms with E-state index in [1.165, 1.54) is 11.5 Å². The van der Waals surface area contributed by atoms with Crippen LogP contribution in [-0.4, -0.2) is 39.5 Å². The van der Waals surface area contributed by atoms with Crippen LogP contribution in [0.4, 0.5) is 0 Å². The molecule has 0 bridgehead atoms. The van der Waals surface area contributed by atoms with Gasteiger partial charge in [-0.25, -0.2) is 4.98 Å². The Morgan fingerprint density at radius 3 is 2.60 bits per heavy atom. The molecule has 0 radical (unpaired) electrons. The number of fused-ring (bicyclic) bond motifs is 1. The first-order chi connectivity index (χ1) is 12.3. The lowest BCUT2D eigenvalue weighted by atomic mass is 10.3. The van der Waals surface area contributed by atoms with Crippen molar-refractivity contribution in [3.05, 3.63) is 66.0 Å². The molecule has 0 saturated carbocycles. The molecule has 0 spiro atoms. The van der Waals surface area contributed by atoms with Crippen molar-refractivity contribution in [2.45, 2.75) is 32.6 Å². The molecule has 132 valence electrons. The van der Waals surface area contributed by atoms with E-state index in [0.717, 1.165) is 57.2 Å². The molecule has 0 unspecified atom stereocenters. The van der Waals surface area contributed by atoms with E-state index in [2.05, 4.69) is 26.4 Å². The van der Waals surface area contributed by atoms with Gasteiger partial charge in [-0.3, -0.25) is 9.80 Å². The fourth-order valence-corrected chi connectivity index (χ4v) is 3.45. The number of hydrogen-bond acceptors (Lipinski definition) is 5. The molecule has 6 nitrogen and oxygen atoms in total. The largest absolute Gasteiger partial charge is 0.468 e. The summed E-state index contributed by atoms with van der Waals surface area (Å²) in [7, 11) is 2.11. The Balaban J connectivity index is 1.38. The molecule has 0 fully saturated rings. The monoisotopic (exact) mass is 340 g/mol. The maximum Gasteiger partial charge on any atom is 0.117 e. The Hall–Kier alpha value is -2.31. The number of imidazole rings is 1. The van der Waals surface area contributed by atoms with Crippen molar-refractivity contribution in [1.82, 2.24) is 19.4 Å². The summed E-state index contributed by atoms with van der Waals surface area (Å²) in [4.78, 5) is 9.35. The van der Waals surface area contributed by atoms with Crippen LogP contribution in [0.25, 0.3) is 0 Å². The number of nitrogens with zero attached hydrogens (tertiary/aromatic N) is 4. The lowest BCUT2D eigenvalue weighted by Crippen LogP contribution is -2.26. The van der Waals surface area contributed by atoms with Crippen LogP contribution in [0, 0.1) is 0 Å². The Labute approximate surface area is 147 Å². The van der Waals surface area contributed by atoms with Crippen molar-refractivity contribution in [2.24, 2.45) is 0 Å². The minimum Gasteiger partial charge on any atom is -0.468 e. The van der Waals surface area contributed by atoms with Gasteiger partial charge in [0.15, 0.2) is 0 Å². The van der Waals surface area contributed by atoms with Gasteiger partial charge in [-0.2, -0.15) is 0 Å². The van der Waals surface area contributed by atoms with Gasteiger partial charge in [-0.05, 0) is 31.3 Å². The molecule has 3 aromatic heterocycles. The third-order valence-corrected chi connectivity index (χ3v) is 4.71. The Morgan fingerprint density at radius 1 is 1.04 bits per heavy atom. The standard InChI is InChI=1S/C19H24N4O2/c1-21(14-17-4-2-10-24-17)13-16-12-20-19-6-7-22(8-9-23(16)19)15-18-5-3-11-25-18/h2-5,10-12H,6-9,13-15H2,1H3. The second kappa shape index (κ2) is 7.29. The number of hydrogen-bond donors (Lipinski definition) is 0. The van der Waals surface area contributed by atoms with Crippen LogP contribution in [0.15, 0.2) is 51.8 Å². The van der Waals surface area contributed by atoms with E-state index < -0.39 is 0 Å². The first-order valence-electron chi connectivity index (χ1n) is 8.77. The van der Waals surface area contributed by atoms with E-state index in [9.17, 15) is 0 Å². The maximum absolute atomic E-state index is 5.48. The molecule has 0 saturated heterocycles. The van der Waals surface area contributed by atoms with Crippen molar-refractivity contribution in [2.75, 3.05) is 20.1 Å². The molecule has 0 N–H and O–H groups in total. The summed E-state index contributed by atoms with van der Waals surface area (Å²) in [6.07, 6.45) is 6.46. The fourth-order valence-electron chi connectivity index (χ4n) is 3.45. The van der Waals surface area contributed by atoms with Crippen LogP contribution in [-0.2, 0) is 32.6 Å². The SMILES string of the molecule is CN(Cc1ccco1)Cc1cnc2n1CCN(Cc1ccco1)CC2. The van der Waals surface area contributed by atoms with Gasteiger partial charge in [-0.1, -0.05) is 0 Å². The Kier molecular flexibility index (Phi) is 4.72. The van der Waals surface area contributed by atoms with Gasteiger partial charge >= 0.3 is 0 Å². The summed E-state index contributed by atoms with van der Waals surface area (Å²) >= 11 is 0.